The van der Waals surface area contributed by atoms with Crippen LogP contribution in [0.4, 0.5) is 19.0 Å². The maximum Gasteiger partial charge on any atom is 0.425 e. The number of amides is 2. The van der Waals surface area contributed by atoms with Crippen molar-refractivity contribution in [2.24, 2.45) is 0 Å². The molecule has 35 heavy (non-hydrogen) atoms. The predicted molar refractivity (Wildman–Crippen MR) is 121 cm³/mol. The molecule has 8 nitrogen and oxygen atoms in total. The van der Waals surface area contributed by atoms with E-state index >= 15 is 0 Å². The molecule has 1 aliphatic heterocycles. The average molecular weight is 486 g/mol. The number of hydrogen-bond donors (Lipinski definition) is 3. The van der Waals surface area contributed by atoms with Crippen molar-refractivity contribution in [3.8, 4) is 0 Å². The lowest BCUT2D eigenvalue weighted by Crippen LogP contribution is -2.62. The van der Waals surface area contributed by atoms with Gasteiger partial charge in [0.25, 0.3) is 11.5 Å². The van der Waals surface area contributed by atoms with Gasteiger partial charge in [0.05, 0.1) is 0 Å². The summed E-state index contributed by atoms with van der Waals surface area (Å²) in [6, 6.07) is 17.5. The monoisotopic (exact) mass is 486 g/mol. The molecule has 3 aromatic rings. The zero-order valence-corrected chi connectivity index (χ0v) is 18.3. The van der Waals surface area contributed by atoms with E-state index in [-0.39, 0.29) is 25.8 Å². The first-order valence-electron chi connectivity index (χ1n) is 10.8. The van der Waals surface area contributed by atoms with Crippen LogP contribution in [0.1, 0.15) is 23.1 Å². The molecule has 4 rings (SSSR count). The summed E-state index contributed by atoms with van der Waals surface area (Å²) in [5.41, 5.74) is -5.56. The van der Waals surface area contributed by atoms with E-state index in [1.54, 1.807) is 66.0 Å². The molecule has 3 N–H and O–H groups in total. The fourth-order valence-electron chi connectivity index (χ4n) is 4.10. The topological polar surface area (TPSA) is 113 Å². The Kier molecular flexibility index (Phi) is 6.33. The number of carbonyl (C=O) groups is 2. The van der Waals surface area contributed by atoms with Crippen LogP contribution < -0.4 is 21.9 Å². The van der Waals surface area contributed by atoms with Gasteiger partial charge >= 0.3 is 11.9 Å². The van der Waals surface area contributed by atoms with E-state index in [0.717, 1.165) is 10.1 Å². The summed E-state index contributed by atoms with van der Waals surface area (Å²) in [4.78, 5) is 52.3. The van der Waals surface area contributed by atoms with Crippen LogP contribution in [0.3, 0.4) is 0 Å². The fraction of sp³-hybridized carbons (Fsp3) is 0.250. The summed E-state index contributed by atoms with van der Waals surface area (Å²) in [6.07, 6.45) is -5.34. The van der Waals surface area contributed by atoms with Gasteiger partial charge in [-0.25, -0.2) is 4.79 Å². The largest absolute Gasteiger partial charge is 0.425 e. The SMILES string of the molecule is O=C(CCc1ccccc1)NC1(C(F)(F)F)C(=O)Nc2c1c(=O)[nH]c(=O)n2CCc1ccccc1. The Morgan fingerprint density at radius 2 is 1.49 bits per heavy atom. The first kappa shape index (κ1) is 24.0. The summed E-state index contributed by atoms with van der Waals surface area (Å²) in [7, 11) is 0. The number of fused-ring (bicyclic) bond motifs is 1. The number of halogens is 3. The Morgan fingerprint density at radius 1 is 0.914 bits per heavy atom. The Labute approximate surface area is 196 Å². The molecule has 11 heteroatoms. The summed E-state index contributed by atoms with van der Waals surface area (Å²) in [6.45, 7) is -0.113. The second-order valence-corrected chi connectivity index (χ2v) is 8.11. The van der Waals surface area contributed by atoms with Gasteiger partial charge < -0.3 is 10.6 Å². The van der Waals surface area contributed by atoms with Crippen LogP contribution in [0.5, 0.6) is 0 Å². The highest BCUT2D eigenvalue weighted by molar-refractivity contribution is 6.07. The van der Waals surface area contributed by atoms with Gasteiger partial charge in [-0.05, 0) is 24.0 Å². The number of hydrogen-bond acceptors (Lipinski definition) is 4. The van der Waals surface area contributed by atoms with Crippen LogP contribution in [-0.2, 0) is 34.5 Å². The first-order valence-corrected chi connectivity index (χ1v) is 10.8. The zero-order valence-electron chi connectivity index (χ0n) is 18.3. The number of nitrogens with zero attached hydrogens (tertiary/aromatic N) is 1. The molecule has 1 unspecified atom stereocenters. The molecule has 2 heterocycles. The van der Waals surface area contributed by atoms with E-state index < -0.39 is 46.2 Å². The van der Waals surface area contributed by atoms with Crippen molar-refractivity contribution in [1.29, 1.82) is 0 Å². The average Bonchev–Trinajstić information content (AvgIpc) is 3.12. The van der Waals surface area contributed by atoms with Crippen molar-refractivity contribution in [1.82, 2.24) is 14.9 Å². The number of aromatic amines is 1. The van der Waals surface area contributed by atoms with E-state index in [4.69, 9.17) is 0 Å². The number of aromatic nitrogens is 2. The van der Waals surface area contributed by atoms with E-state index in [1.807, 2.05) is 10.3 Å². The lowest BCUT2D eigenvalue weighted by molar-refractivity contribution is -0.200. The van der Waals surface area contributed by atoms with Crippen LogP contribution >= 0.6 is 0 Å². The van der Waals surface area contributed by atoms with Crippen LogP contribution in [0.2, 0.25) is 0 Å². The molecular formula is C24H21F3N4O4. The Balaban J connectivity index is 1.71. The quantitative estimate of drug-likeness (QED) is 0.475. The van der Waals surface area contributed by atoms with E-state index in [2.05, 4.69) is 0 Å². The molecule has 2 amide bonds. The first-order chi connectivity index (χ1) is 16.6. The van der Waals surface area contributed by atoms with Crippen LogP contribution in [0.15, 0.2) is 70.3 Å². The lowest BCUT2D eigenvalue weighted by atomic mass is 9.91. The van der Waals surface area contributed by atoms with Gasteiger partial charge in [0.15, 0.2) is 0 Å². The number of benzene rings is 2. The van der Waals surface area contributed by atoms with Crippen molar-refractivity contribution < 1.29 is 22.8 Å². The number of aryl methyl sites for hydroxylation is 2. The molecule has 0 radical (unpaired) electrons. The number of H-pyrrole nitrogens is 1. The van der Waals surface area contributed by atoms with Gasteiger partial charge in [0.2, 0.25) is 11.4 Å². The van der Waals surface area contributed by atoms with Crippen LogP contribution in [0.25, 0.3) is 0 Å². The molecule has 0 saturated heterocycles. The minimum atomic E-state index is -5.36. The summed E-state index contributed by atoms with van der Waals surface area (Å²) in [5.74, 6) is -3.31. The third kappa shape index (κ3) is 4.48. The van der Waals surface area contributed by atoms with Gasteiger partial charge in [0.1, 0.15) is 11.4 Å². The number of rotatable bonds is 7. The van der Waals surface area contributed by atoms with Crippen molar-refractivity contribution >= 4 is 17.6 Å². The van der Waals surface area contributed by atoms with Crippen molar-refractivity contribution in [2.45, 2.75) is 37.5 Å². The number of nitrogens with one attached hydrogen (secondary N) is 3. The normalized spacial score (nSPS) is 17.1. The molecule has 1 aromatic heterocycles. The van der Waals surface area contributed by atoms with E-state index in [0.29, 0.717) is 5.56 Å². The molecule has 1 aliphatic rings. The summed E-state index contributed by atoms with van der Waals surface area (Å²) < 4.78 is 44.1. The molecular weight excluding hydrogens is 465 g/mol. The van der Waals surface area contributed by atoms with Gasteiger partial charge in [-0.15, -0.1) is 0 Å². The van der Waals surface area contributed by atoms with Crippen LogP contribution in [0, 0.1) is 0 Å². The Bertz CT molecular complexity index is 1370. The summed E-state index contributed by atoms with van der Waals surface area (Å²) in [5, 5.41) is 3.79. The number of carbonyl (C=O) groups excluding carboxylic acids is 2. The van der Waals surface area contributed by atoms with Crippen molar-refractivity contribution in [3.05, 3.63) is 98.2 Å². The number of anilines is 1. The predicted octanol–water partition coefficient (Wildman–Crippen LogP) is 2.24. The molecule has 0 bridgehead atoms. The molecule has 182 valence electrons. The van der Waals surface area contributed by atoms with Crippen molar-refractivity contribution in [3.63, 3.8) is 0 Å². The highest BCUT2D eigenvalue weighted by atomic mass is 19.4. The standard InChI is InChI=1S/C24H21F3N4O4/c25-24(26,27)23(30-17(32)12-11-15-7-3-1-4-8-15)18-19(28-21(23)34)31(22(35)29-20(18)33)14-13-16-9-5-2-6-10-16/h1-10H,11-14H2,(H,28,34)(H,30,32)(H,29,33,35). The zero-order chi connectivity index (χ0) is 25.2. The van der Waals surface area contributed by atoms with Gasteiger partial charge in [-0.3, -0.25) is 23.9 Å². The maximum absolute atomic E-state index is 14.4. The highest BCUT2D eigenvalue weighted by Crippen LogP contribution is 2.45. The summed E-state index contributed by atoms with van der Waals surface area (Å²) >= 11 is 0. The molecule has 1 atom stereocenters. The van der Waals surface area contributed by atoms with Gasteiger partial charge in [-0.2, -0.15) is 13.2 Å². The highest BCUT2D eigenvalue weighted by Gasteiger charge is 2.68. The van der Waals surface area contributed by atoms with Gasteiger partial charge in [0, 0.05) is 13.0 Å². The molecule has 2 aromatic carbocycles. The van der Waals surface area contributed by atoms with E-state index in [9.17, 15) is 32.3 Å². The second kappa shape index (κ2) is 9.24. The van der Waals surface area contributed by atoms with Gasteiger partial charge in [-0.1, -0.05) is 60.7 Å². The fourth-order valence-corrected chi connectivity index (χ4v) is 4.10. The third-order valence-electron chi connectivity index (χ3n) is 5.85. The Morgan fingerprint density at radius 3 is 2.06 bits per heavy atom. The van der Waals surface area contributed by atoms with Crippen molar-refractivity contribution in [2.75, 3.05) is 5.32 Å². The maximum atomic E-state index is 14.4. The molecule has 0 aliphatic carbocycles. The smallest absolute Gasteiger partial charge is 0.330 e. The number of alkyl halides is 3. The minimum absolute atomic E-state index is 0.113. The third-order valence-corrected chi connectivity index (χ3v) is 5.85. The minimum Gasteiger partial charge on any atom is -0.330 e. The lowest BCUT2D eigenvalue weighted by Gasteiger charge is -2.30. The second-order valence-electron chi connectivity index (χ2n) is 8.11. The Hall–Kier alpha value is -4.15. The van der Waals surface area contributed by atoms with Crippen LogP contribution in [-0.4, -0.2) is 27.5 Å². The van der Waals surface area contributed by atoms with E-state index in [1.165, 1.54) is 0 Å². The molecule has 0 spiro atoms. The molecule has 0 fully saturated rings. The molecule has 0 saturated carbocycles.